The molecule has 2 aromatic carbocycles. The molecule has 0 spiro atoms. The fourth-order valence-electron chi connectivity index (χ4n) is 1.93. The Morgan fingerprint density at radius 3 is 2.89 bits per heavy atom. The van der Waals surface area contributed by atoms with Gasteiger partial charge in [0, 0.05) is 11.1 Å². The van der Waals surface area contributed by atoms with Crippen LogP contribution in [0.5, 0.6) is 11.5 Å². The van der Waals surface area contributed by atoms with E-state index in [2.05, 4.69) is 4.99 Å². The van der Waals surface area contributed by atoms with Crippen LogP contribution in [0, 0.1) is 0 Å². The molecule has 2 aromatic rings. The van der Waals surface area contributed by atoms with E-state index in [0.717, 1.165) is 22.6 Å². The van der Waals surface area contributed by atoms with Gasteiger partial charge in [-0.3, -0.25) is 0 Å². The maximum atomic E-state index is 5.81. The molecule has 3 nitrogen and oxygen atoms in total. The summed E-state index contributed by atoms with van der Waals surface area (Å²) in [6.45, 7) is 0.655. The molecular formula is C15H13NO2. The number of rotatable bonds is 2. The van der Waals surface area contributed by atoms with Gasteiger partial charge in [-0.1, -0.05) is 24.3 Å². The monoisotopic (exact) mass is 239 g/mol. The lowest BCUT2D eigenvalue weighted by molar-refractivity contribution is 0.414. The van der Waals surface area contributed by atoms with E-state index in [-0.39, 0.29) is 0 Å². The molecule has 18 heavy (non-hydrogen) atoms. The normalized spacial score (nSPS) is 13.3. The first-order valence-corrected chi connectivity index (χ1v) is 5.81. The van der Waals surface area contributed by atoms with Crippen LogP contribution in [0.1, 0.15) is 11.1 Å². The third-order valence-corrected chi connectivity index (χ3v) is 2.89. The summed E-state index contributed by atoms with van der Waals surface area (Å²) in [5.74, 6) is 2.33. The Kier molecular flexibility index (Phi) is 2.73. The summed E-state index contributed by atoms with van der Waals surface area (Å²) in [5, 5.41) is 0. The summed E-state index contributed by atoms with van der Waals surface area (Å²) in [4.78, 5) is 4.46. The van der Waals surface area contributed by atoms with E-state index < -0.39 is 0 Å². The molecule has 0 saturated heterocycles. The zero-order valence-electron chi connectivity index (χ0n) is 10.1. The van der Waals surface area contributed by atoms with Crippen LogP contribution >= 0.6 is 0 Å². The lowest BCUT2D eigenvalue weighted by Gasteiger charge is -2.17. The molecule has 0 bridgehead atoms. The standard InChI is InChI=1S/C15H13NO2/c1-17-13-7-4-6-11(9-13)15-16-10-12-5-2-3-8-14(12)18-15/h2-9H,10H2,1H3. The molecular weight excluding hydrogens is 226 g/mol. The van der Waals surface area contributed by atoms with Gasteiger partial charge in [-0.2, -0.15) is 0 Å². The average molecular weight is 239 g/mol. The summed E-state index contributed by atoms with van der Waals surface area (Å²) in [6.07, 6.45) is 0. The highest BCUT2D eigenvalue weighted by Crippen LogP contribution is 2.25. The van der Waals surface area contributed by atoms with E-state index >= 15 is 0 Å². The number of fused-ring (bicyclic) bond motifs is 1. The Bertz CT molecular complexity index is 605. The van der Waals surface area contributed by atoms with Crippen molar-refractivity contribution in [2.24, 2.45) is 4.99 Å². The van der Waals surface area contributed by atoms with E-state index in [4.69, 9.17) is 9.47 Å². The zero-order chi connectivity index (χ0) is 12.4. The highest BCUT2D eigenvalue weighted by Gasteiger charge is 2.15. The molecule has 1 aliphatic heterocycles. The van der Waals surface area contributed by atoms with Gasteiger partial charge in [-0.25, -0.2) is 4.99 Å². The summed E-state index contributed by atoms with van der Waals surface area (Å²) < 4.78 is 11.0. The number of benzene rings is 2. The lowest BCUT2D eigenvalue weighted by Crippen LogP contribution is -2.15. The Morgan fingerprint density at radius 2 is 2.00 bits per heavy atom. The number of hydrogen-bond donors (Lipinski definition) is 0. The third-order valence-electron chi connectivity index (χ3n) is 2.89. The SMILES string of the molecule is COc1cccc(C2=NCc3ccccc3O2)c1. The number of hydrogen-bond acceptors (Lipinski definition) is 3. The number of para-hydroxylation sites is 1. The van der Waals surface area contributed by atoms with E-state index in [1.165, 1.54) is 0 Å². The molecule has 0 unspecified atom stereocenters. The molecule has 0 fully saturated rings. The van der Waals surface area contributed by atoms with Crippen molar-refractivity contribution in [3.8, 4) is 11.5 Å². The van der Waals surface area contributed by atoms with Gasteiger partial charge in [0.15, 0.2) is 0 Å². The maximum Gasteiger partial charge on any atom is 0.222 e. The van der Waals surface area contributed by atoms with Crippen LogP contribution in [0.2, 0.25) is 0 Å². The topological polar surface area (TPSA) is 30.8 Å². The summed E-state index contributed by atoms with van der Waals surface area (Å²) in [6, 6.07) is 15.7. The van der Waals surface area contributed by atoms with Crippen LogP contribution in [-0.4, -0.2) is 13.0 Å². The molecule has 0 aliphatic carbocycles. The first kappa shape index (κ1) is 10.8. The van der Waals surface area contributed by atoms with Gasteiger partial charge in [0.1, 0.15) is 11.5 Å². The number of nitrogens with zero attached hydrogens (tertiary/aromatic N) is 1. The summed E-state index contributed by atoms with van der Waals surface area (Å²) >= 11 is 0. The van der Waals surface area contributed by atoms with E-state index in [1.54, 1.807) is 7.11 Å². The van der Waals surface area contributed by atoms with Gasteiger partial charge in [-0.15, -0.1) is 0 Å². The molecule has 1 aliphatic rings. The van der Waals surface area contributed by atoms with Crippen LogP contribution in [0.25, 0.3) is 0 Å². The predicted octanol–water partition coefficient (Wildman–Crippen LogP) is 3.03. The van der Waals surface area contributed by atoms with Gasteiger partial charge in [-0.05, 0) is 24.3 Å². The first-order valence-electron chi connectivity index (χ1n) is 5.81. The smallest absolute Gasteiger partial charge is 0.222 e. The molecule has 0 atom stereocenters. The molecule has 0 N–H and O–H groups in total. The highest BCUT2D eigenvalue weighted by molar-refractivity contribution is 5.96. The van der Waals surface area contributed by atoms with Gasteiger partial charge < -0.3 is 9.47 Å². The molecule has 0 radical (unpaired) electrons. The van der Waals surface area contributed by atoms with Crippen LogP contribution in [0.4, 0.5) is 0 Å². The molecule has 3 heteroatoms. The van der Waals surface area contributed by atoms with Crippen LogP contribution < -0.4 is 9.47 Å². The predicted molar refractivity (Wildman–Crippen MR) is 70.3 cm³/mol. The lowest BCUT2D eigenvalue weighted by atomic mass is 10.1. The third kappa shape index (κ3) is 1.95. The minimum absolute atomic E-state index is 0.646. The first-order chi connectivity index (χ1) is 8.86. The molecule has 0 amide bonds. The summed E-state index contributed by atoms with van der Waals surface area (Å²) in [5.41, 5.74) is 2.05. The van der Waals surface area contributed by atoms with Crippen molar-refractivity contribution in [1.82, 2.24) is 0 Å². The second-order valence-corrected chi connectivity index (χ2v) is 4.06. The van der Waals surface area contributed by atoms with Gasteiger partial charge >= 0.3 is 0 Å². The minimum atomic E-state index is 0.646. The van der Waals surface area contributed by atoms with Gasteiger partial charge in [0.2, 0.25) is 5.90 Å². The van der Waals surface area contributed by atoms with Crippen molar-refractivity contribution >= 4 is 5.90 Å². The molecule has 0 saturated carbocycles. The molecule has 3 rings (SSSR count). The van der Waals surface area contributed by atoms with E-state index in [1.807, 2.05) is 48.5 Å². The fourth-order valence-corrected chi connectivity index (χ4v) is 1.93. The quantitative estimate of drug-likeness (QED) is 0.806. The van der Waals surface area contributed by atoms with Crippen LogP contribution in [0.15, 0.2) is 53.5 Å². The van der Waals surface area contributed by atoms with E-state index in [9.17, 15) is 0 Å². The molecule has 90 valence electrons. The fraction of sp³-hybridized carbons (Fsp3) is 0.133. The van der Waals surface area contributed by atoms with Crippen molar-refractivity contribution in [3.05, 3.63) is 59.7 Å². The van der Waals surface area contributed by atoms with E-state index in [0.29, 0.717) is 12.4 Å². The number of aliphatic imine (C=N–C) groups is 1. The van der Waals surface area contributed by atoms with Crippen LogP contribution in [-0.2, 0) is 6.54 Å². The van der Waals surface area contributed by atoms with Gasteiger partial charge in [0.05, 0.1) is 13.7 Å². The van der Waals surface area contributed by atoms with Crippen LogP contribution in [0.3, 0.4) is 0 Å². The van der Waals surface area contributed by atoms with Crippen molar-refractivity contribution in [1.29, 1.82) is 0 Å². The van der Waals surface area contributed by atoms with Crippen molar-refractivity contribution in [2.75, 3.05) is 7.11 Å². The Balaban J connectivity index is 1.93. The number of methoxy groups -OCH3 is 1. The van der Waals surface area contributed by atoms with Gasteiger partial charge in [0.25, 0.3) is 0 Å². The zero-order valence-corrected chi connectivity index (χ0v) is 10.1. The maximum absolute atomic E-state index is 5.81. The highest BCUT2D eigenvalue weighted by atomic mass is 16.5. The average Bonchev–Trinajstić information content (AvgIpc) is 2.47. The largest absolute Gasteiger partial charge is 0.497 e. The Morgan fingerprint density at radius 1 is 1.11 bits per heavy atom. The summed E-state index contributed by atoms with van der Waals surface area (Å²) in [7, 11) is 1.65. The van der Waals surface area contributed by atoms with Crippen molar-refractivity contribution in [2.45, 2.75) is 6.54 Å². The second kappa shape index (κ2) is 4.53. The van der Waals surface area contributed by atoms with Crippen molar-refractivity contribution in [3.63, 3.8) is 0 Å². The molecule has 1 heterocycles. The Labute approximate surface area is 106 Å². The minimum Gasteiger partial charge on any atom is -0.497 e. The Hall–Kier alpha value is -2.29. The van der Waals surface area contributed by atoms with Crippen molar-refractivity contribution < 1.29 is 9.47 Å². The number of ether oxygens (including phenoxy) is 2. The molecule has 0 aromatic heterocycles. The second-order valence-electron chi connectivity index (χ2n) is 4.06.